The molecule has 2 N–H and O–H groups in total. The van der Waals surface area contributed by atoms with E-state index in [4.69, 9.17) is 5.11 Å². The number of thioether (sulfide) groups is 1. The van der Waals surface area contributed by atoms with Crippen molar-refractivity contribution in [2.45, 2.75) is 24.2 Å². The van der Waals surface area contributed by atoms with Crippen molar-refractivity contribution in [2.24, 2.45) is 5.41 Å². The fraction of sp³-hybridized carbons (Fsp3) is 0.438. The second-order valence-electron chi connectivity index (χ2n) is 5.43. The summed E-state index contributed by atoms with van der Waals surface area (Å²) in [5.74, 6) is 0. The molecule has 0 aromatic heterocycles. The van der Waals surface area contributed by atoms with Gasteiger partial charge >= 0.3 is 6.09 Å². The van der Waals surface area contributed by atoms with Crippen LogP contribution in [0.3, 0.4) is 0 Å². The van der Waals surface area contributed by atoms with Crippen LogP contribution in [-0.2, 0) is 0 Å². The van der Waals surface area contributed by atoms with E-state index in [-0.39, 0.29) is 12.0 Å². The van der Waals surface area contributed by atoms with Gasteiger partial charge in [-0.25, -0.2) is 4.79 Å². The number of hydrogen-bond donors (Lipinski definition) is 2. The first-order valence-corrected chi connectivity index (χ1v) is 7.99. The van der Waals surface area contributed by atoms with Crippen molar-refractivity contribution in [1.82, 2.24) is 4.90 Å². The van der Waals surface area contributed by atoms with Crippen molar-refractivity contribution < 1.29 is 15.0 Å². The number of aliphatic hydroxyl groups is 1. The van der Waals surface area contributed by atoms with E-state index in [0.717, 1.165) is 19.3 Å². The van der Waals surface area contributed by atoms with E-state index in [9.17, 15) is 9.90 Å². The predicted octanol–water partition coefficient (Wildman–Crippen LogP) is 3.44. The van der Waals surface area contributed by atoms with Gasteiger partial charge in [0, 0.05) is 30.0 Å². The van der Waals surface area contributed by atoms with E-state index in [2.05, 4.69) is 23.6 Å². The highest BCUT2D eigenvalue weighted by atomic mass is 32.2. The van der Waals surface area contributed by atoms with Crippen LogP contribution in [-0.4, -0.2) is 40.9 Å². The van der Waals surface area contributed by atoms with Crippen molar-refractivity contribution in [2.75, 3.05) is 19.7 Å². The molecule has 0 bridgehead atoms. The van der Waals surface area contributed by atoms with Gasteiger partial charge in [-0.3, -0.25) is 0 Å². The first-order valence-electron chi connectivity index (χ1n) is 7.11. The van der Waals surface area contributed by atoms with Crippen LogP contribution in [0.2, 0.25) is 0 Å². The molecule has 21 heavy (non-hydrogen) atoms. The summed E-state index contributed by atoms with van der Waals surface area (Å²) >= 11 is 1.66. The van der Waals surface area contributed by atoms with Gasteiger partial charge in [0.05, 0.1) is 0 Å². The van der Waals surface area contributed by atoms with Crippen molar-refractivity contribution in [3.05, 3.63) is 41.8 Å². The molecule has 114 valence electrons. The fourth-order valence-corrected chi connectivity index (χ4v) is 3.19. The Hall–Kier alpha value is -1.46. The van der Waals surface area contributed by atoms with Gasteiger partial charge in [-0.1, -0.05) is 36.0 Å². The van der Waals surface area contributed by atoms with E-state index in [1.165, 1.54) is 9.80 Å². The highest BCUT2D eigenvalue weighted by Gasteiger charge is 2.34. The van der Waals surface area contributed by atoms with Crippen molar-refractivity contribution >= 4 is 17.9 Å². The molecule has 1 aromatic rings. The molecule has 1 saturated heterocycles. The van der Waals surface area contributed by atoms with E-state index in [0.29, 0.717) is 13.1 Å². The maximum Gasteiger partial charge on any atom is 0.407 e. The number of aliphatic hydroxyl groups excluding tert-OH is 1. The third kappa shape index (κ3) is 4.51. The number of piperidine rings is 1. The number of likely N-dealkylation sites (tertiary alicyclic amines) is 1. The topological polar surface area (TPSA) is 60.8 Å². The molecule has 5 heteroatoms. The summed E-state index contributed by atoms with van der Waals surface area (Å²) in [6.07, 6.45) is 3.45. The largest absolute Gasteiger partial charge is 0.465 e. The average molecular weight is 307 g/mol. The predicted molar refractivity (Wildman–Crippen MR) is 84.4 cm³/mol. The fourth-order valence-electron chi connectivity index (χ4n) is 2.52. The molecule has 0 radical (unpaired) electrons. The normalized spacial score (nSPS) is 18.0. The number of allylic oxidation sites excluding steroid dienone is 1. The lowest BCUT2D eigenvalue weighted by atomic mass is 9.76. The van der Waals surface area contributed by atoms with Crippen LogP contribution >= 0.6 is 11.8 Å². The zero-order valence-corrected chi connectivity index (χ0v) is 12.8. The second kappa shape index (κ2) is 7.52. The van der Waals surface area contributed by atoms with E-state index < -0.39 is 6.09 Å². The summed E-state index contributed by atoms with van der Waals surface area (Å²) in [4.78, 5) is 13.5. The summed E-state index contributed by atoms with van der Waals surface area (Å²) < 4.78 is 0. The highest BCUT2D eigenvalue weighted by Crippen LogP contribution is 2.35. The van der Waals surface area contributed by atoms with E-state index in [1.54, 1.807) is 11.8 Å². The van der Waals surface area contributed by atoms with Gasteiger partial charge in [-0.05, 0) is 36.8 Å². The van der Waals surface area contributed by atoms with Crippen molar-refractivity contribution in [3.63, 3.8) is 0 Å². The summed E-state index contributed by atoms with van der Waals surface area (Å²) in [6, 6.07) is 10.1. The number of benzene rings is 1. The molecule has 1 aliphatic rings. The lowest BCUT2D eigenvalue weighted by molar-refractivity contribution is 0.0464. The first-order chi connectivity index (χ1) is 10.2. The zero-order valence-electron chi connectivity index (χ0n) is 11.9. The van der Waals surface area contributed by atoms with Gasteiger partial charge in [-0.2, -0.15) is 0 Å². The molecule has 1 aliphatic heterocycles. The number of carboxylic acid groups (broad SMARTS) is 1. The highest BCUT2D eigenvalue weighted by molar-refractivity contribution is 8.02. The van der Waals surface area contributed by atoms with Crippen LogP contribution in [0.15, 0.2) is 46.7 Å². The Morgan fingerprint density at radius 1 is 1.29 bits per heavy atom. The molecule has 0 spiro atoms. The summed E-state index contributed by atoms with van der Waals surface area (Å²) in [7, 11) is 0. The molecule has 1 amide bonds. The number of hydrogen-bond acceptors (Lipinski definition) is 3. The minimum Gasteiger partial charge on any atom is -0.465 e. The number of carbonyl (C=O) groups is 1. The molecular formula is C16H21NO3S. The van der Waals surface area contributed by atoms with Gasteiger partial charge in [0.25, 0.3) is 0 Å². The minimum atomic E-state index is -0.864. The second-order valence-corrected chi connectivity index (χ2v) is 6.41. The first kappa shape index (κ1) is 15.9. The van der Waals surface area contributed by atoms with Crippen LogP contribution in [0.5, 0.6) is 0 Å². The van der Waals surface area contributed by atoms with Gasteiger partial charge in [0.1, 0.15) is 0 Å². The Morgan fingerprint density at radius 2 is 1.95 bits per heavy atom. The van der Waals surface area contributed by atoms with Gasteiger partial charge < -0.3 is 15.1 Å². The zero-order chi connectivity index (χ0) is 15.1. The molecule has 0 aliphatic carbocycles. The molecule has 1 heterocycles. The van der Waals surface area contributed by atoms with Crippen LogP contribution in [0.25, 0.3) is 0 Å². The molecule has 1 aromatic carbocycles. The number of nitrogens with zero attached hydrogens (tertiary/aromatic N) is 1. The average Bonchev–Trinajstić information content (AvgIpc) is 2.53. The van der Waals surface area contributed by atoms with Crippen LogP contribution in [0, 0.1) is 5.41 Å². The third-order valence-electron chi connectivity index (χ3n) is 4.02. The smallest absolute Gasteiger partial charge is 0.407 e. The maximum absolute atomic E-state index is 10.9. The Bertz CT molecular complexity index is 482. The Balaban J connectivity index is 1.84. The van der Waals surface area contributed by atoms with Gasteiger partial charge in [0.15, 0.2) is 0 Å². The van der Waals surface area contributed by atoms with Crippen LogP contribution in [0.4, 0.5) is 4.79 Å². The molecule has 0 unspecified atom stereocenters. The SMILES string of the molecule is O=C(O)N1CCC(CO)(C/C=C/Sc2ccccc2)CC1. The van der Waals surface area contributed by atoms with Gasteiger partial charge in [0.2, 0.25) is 0 Å². The molecule has 2 rings (SSSR count). The molecule has 0 atom stereocenters. The molecule has 1 fully saturated rings. The van der Waals surface area contributed by atoms with E-state index in [1.807, 2.05) is 18.2 Å². The monoisotopic (exact) mass is 307 g/mol. The van der Waals surface area contributed by atoms with Crippen molar-refractivity contribution in [1.29, 1.82) is 0 Å². The lowest BCUT2D eigenvalue weighted by Gasteiger charge is -2.39. The Kier molecular flexibility index (Phi) is 5.70. The molecule has 0 saturated carbocycles. The lowest BCUT2D eigenvalue weighted by Crippen LogP contribution is -2.43. The van der Waals surface area contributed by atoms with E-state index >= 15 is 0 Å². The van der Waals surface area contributed by atoms with Gasteiger partial charge in [-0.15, -0.1) is 0 Å². The quantitative estimate of drug-likeness (QED) is 0.818. The Morgan fingerprint density at radius 3 is 2.52 bits per heavy atom. The number of amides is 1. The van der Waals surface area contributed by atoms with Crippen LogP contribution < -0.4 is 0 Å². The summed E-state index contributed by atoms with van der Waals surface area (Å²) in [5.41, 5.74) is -0.167. The standard InChI is InChI=1S/C16H21NO3S/c18-13-16(8-10-17(11-9-16)15(19)20)7-4-12-21-14-5-2-1-3-6-14/h1-6,12,18H,7-11,13H2,(H,19,20)/b12-4+. The Labute approximate surface area is 129 Å². The third-order valence-corrected chi connectivity index (χ3v) is 4.90. The van der Waals surface area contributed by atoms with Crippen LogP contribution in [0.1, 0.15) is 19.3 Å². The maximum atomic E-state index is 10.9. The van der Waals surface area contributed by atoms with Crippen molar-refractivity contribution in [3.8, 4) is 0 Å². The summed E-state index contributed by atoms with van der Waals surface area (Å²) in [5, 5.41) is 20.7. The minimum absolute atomic E-state index is 0.112. The molecular weight excluding hydrogens is 286 g/mol. The number of rotatable bonds is 5. The summed E-state index contributed by atoms with van der Waals surface area (Å²) in [6.45, 7) is 1.13. The molecule has 4 nitrogen and oxygen atoms in total.